The molecule has 0 aromatic carbocycles. The Kier molecular flexibility index (Phi) is 14.4. The van der Waals surface area contributed by atoms with E-state index in [4.69, 9.17) is 17.2 Å². The van der Waals surface area contributed by atoms with Gasteiger partial charge in [0.2, 0.25) is 0 Å². The van der Waals surface area contributed by atoms with Crippen LogP contribution in [0.4, 0.5) is 5.82 Å². The van der Waals surface area contributed by atoms with Gasteiger partial charge in [0.1, 0.15) is 23.9 Å². The van der Waals surface area contributed by atoms with Crippen LogP contribution < -0.4 is 17.2 Å². The molecule has 2 rings (SSSR count). The van der Waals surface area contributed by atoms with Crippen LogP contribution in [0.5, 0.6) is 0 Å². The maximum absolute atomic E-state index is 10.1. The van der Waals surface area contributed by atoms with E-state index >= 15 is 0 Å². The molecule has 7 N–H and O–H groups in total. The lowest BCUT2D eigenvalue weighted by molar-refractivity contribution is 0.0916. The zero-order chi connectivity index (χ0) is 23.1. The van der Waals surface area contributed by atoms with Crippen LogP contribution in [-0.2, 0) is 0 Å². The van der Waals surface area contributed by atoms with Gasteiger partial charge in [-0.15, -0.1) is 11.8 Å². The number of aliphatic hydroxyl groups is 1. The molecule has 2 unspecified atom stereocenters. The summed E-state index contributed by atoms with van der Waals surface area (Å²) in [5, 5.41) is 10.5. The number of fused-ring (bicyclic) bond motifs is 1. The molecule has 0 spiro atoms. The lowest BCUT2D eigenvalue weighted by Gasteiger charge is -2.13. The van der Waals surface area contributed by atoms with Crippen LogP contribution in [0.25, 0.3) is 11.2 Å². The minimum absolute atomic E-state index is 0.338. The molecule has 0 aliphatic heterocycles. The molecule has 2 heterocycles. The summed E-state index contributed by atoms with van der Waals surface area (Å²) in [5.41, 5.74) is 16.9. The minimum Gasteiger partial charge on any atom is -0.386 e. The fraction of sp³-hybridized carbons (Fsp3) is 0.632. The standard InChI is InChI=1S/C11H17N5O.C5H11NS.C3H9N3/c1-7(2)3-4-8(17)16-6-15-9-10(12)13-5-14-11(9)16;1-4-6-5(2)7-3;1-6-3(5)2-4/h5-8,17H,3-4H2,1-2H3,(H2,12,13,14);4-5H,1-3H3;2,4H2,1H3,(H2,5,6)/b;6-4-;. The van der Waals surface area contributed by atoms with E-state index in [9.17, 15) is 5.11 Å². The second-order valence-corrected chi connectivity index (χ2v) is 7.85. The summed E-state index contributed by atoms with van der Waals surface area (Å²) in [6, 6.07) is 0. The first kappa shape index (κ1) is 27.8. The van der Waals surface area contributed by atoms with Crippen molar-refractivity contribution in [3.63, 3.8) is 0 Å². The summed E-state index contributed by atoms with van der Waals surface area (Å²) in [5.74, 6) is 1.39. The van der Waals surface area contributed by atoms with E-state index in [1.54, 1.807) is 29.7 Å². The zero-order valence-electron chi connectivity index (χ0n) is 18.9. The van der Waals surface area contributed by atoms with Crippen molar-refractivity contribution in [1.29, 1.82) is 0 Å². The molecule has 2 aromatic rings. The van der Waals surface area contributed by atoms with Gasteiger partial charge < -0.3 is 22.3 Å². The van der Waals surface area contributed by atoms with Crippen molar-refractivity contribution in [3.05, 3.63) is 12.7 Å². The predicted molar refractivity (Wildman–Crippen MR) is 129 cm³/mol. The Morgan fingerprint density at radius 2 is 1.93 bits per heavy atom. The van der Waals surface area contributed by atoms with Gasteiger partial charge in [0.25, 0.3) is 0 Å². The third-order valence-electron chi connectivity index (χ3n) is 3.91. The number of nitrogens with two attached hydrogens (primary N) is 3. The normalized spacial score (nSPS) is 13.6. The molecule has 10 nitrogen and oxygen atoms in total. The molecule has 30 heavy (non-hydrogen) atoms. The number of amidine groups is 1. The van der Waals surface area contributed by atoms with E-state index in [1.165, 1.54) is 6.33 Å². The molecule has 2 atom stereocenters. The van der Waals surface area contributed by atoms with Gasteiger partial charge in [-0.25, -0.2) is 15.0 Å². The number of thioether (sulfide) groups is 1. The number of imidazole rings is 1. The first-order chi connectivity index (χ1) is 14.2. The Morgan fingerprint density at radius 1 is 1.27 bits per heavy atom. The van der Waals surface area contributed by atoms with Gasteiger partial charge in [0, 0.05) is 7.05 Å². The summed E-state index contributed by atoms with van der Waals surface area (Å²) in [4.78, 5) is 19.7. The highest BCUT2D eigenvalue weighted by molar-refractivity contribution is 7.99. The van der Waals surface area contributed by atoms with Crippen molar-refractivity contribution in [2.24, 2.45) is 27.4 Å². The second kappa shape index (κ2) is 15.6. The van der Waals surface area contributed by atoms with Crippen molar-refractivity contribution in [2.45, 2.75) is 52.1 Å². The van der Waals surface area contributed by atoms with E-state index in [2.05, 4.69) is 52.0 Å². The number of nitrogens with zero attached hydrogens (tertiary/aromatic N) is 6. The van der Waals surface area contributed by atoms with Gasteiger partial charge >= 0.3 is 0 Å². The summed E-state index contributed by atoms with van der Waals surface area (Å²) >= 11 is 1.75. The first-order valence-corrected chi connectivity index (χ1v) is 11.0. The molecule has 0 saturated carbocycles. The van der Waals surface area contributed by atoms with E-state index in [1.807, 2.05) is 13.1 Å². The molecule has 0 bridgehead atoms. The monoisotopic (exact) mass is 439 g/mol. The highest BCUT2D eigenvalue weighted by Crippen LogP contribution is 2.21. The topological polar surface area (TPSA) is 167 Å². The average Bonchev–Trinajstić information content (AvgIpc) is 3.18. The second-order valence-electron chi connectivity index (χ2n) is 6.70. The van der Waals surface area contributed by atoms with E-state index in [-0.39, 0.29) is 0 Å². The number of aromatic nitrogens is 4. The maximum Gasteiger partial charge on any atom is 0.167 e. The van der Waals surface area contributed by atoms with Crippen LogP contribution >= 0.6 is 11.8 Å². The lowest BCUT2D eigenvalue weighted by Crippen LogP contribution is -2.22. The Hall–Kier alpha value is -2.24. The molecular weight excluding hydrogens is 402 g/mol. The molecular formula is C19H37N9OS. The highest BCUT2D eigenvalue weighted by atomic mass is 32.2. The zero-order valence-corrected chi connectivity index (χ0v) is 19.7. The van der Waals surface area contributed by atoms with Gasteiger partial charge in [-0.2, -0.15) is 0 Å². The average molecular weight is 440 g/mol. The Morgan fingerprint density at radius 3 is 2.37 bits per heavy atom. The van der Waals surface area contributed by atoms with Crippen molar-refractivity contribution in [3.8, 4) is 0 Å². The number of aliphatic imine (C=N–C) groups is 2. The molecule has 0 fully saturated rings. The predicted octanol–water partition coefficient (Wildman–Crippen LogP) is 2.05. The quantitative estimate of drug-likeness (QED) is 0.375. The van der Waals surface area contributed by atoms with Crippen LogP contribution in [0.1, 0.15) is 46.8 Å². The lowest BCUT2D eigenvalue weighted by atomic mass is 10.1. The maximum atomic E-state index is 10.1. The van der Waals surface area contributed by atoms with E-state index in [0.29, 0.717) is 47.1 Å². The number of nitrogen functional groups attached to an aromatic ring is 1. The van der Waals surface area contributed by atoms with Gasteiger partial charge in [-0.05, 0) is 45.1 Å². The summed E-state index contributed by atoms with van der Waals surface area (Å²) in [6.07, 6.45) is 7.83. The smallest absolute Gasteiger partial charge is 0.167 e. The van der Waals surface area contributed by atoms with E-state index in [0.717, 1.165) is 6.42 Å². The van der Waals surface area contributed by atoms with Crippen molar-refractivity contribution < 1.29 is 5.11 Å². The molecule has 0 aliphatic rings. The fourth-order valence-electron chi connectivity index (χ4n) is 2.07. The number of hydrogen-bond donors (Lipinski definition) is 4. The molecule has 11 heteroatoms. The number of rotatable bonds is 7. The van der Waals surface area contributed by atoms with Crippen molar-refractivity contribution in [2.75, 3.05) is 25.6 Å². The van der Waals surface area contributed by atoms with Crippen molar-refractivity contribution >= 4 is 40.8 Å². The van der Waals surface area contributed by atoms with Gasteiger partial charge in [-0.1, -0.05) is 13.8 Å². The molecule has 0 saturated heterocycles. The van der Waals surface area contributed by atoms with Crippen LogP contribution in [0.2, 0.25) is 0 Å². The van der Waals surface area contributed by atoms with Crippen LogP contribution in [0, 0.1) is 5.92 Å². The fourth-order valence-corrected chi connectivity index (χ4v) is 2.32. The van der Waals surface area contributed by atoms with Crippen LogP contribution in [-0.4, -0.2) is 61.9 Å². The van der Waals surface area contributed by atoms with Gasteiger partial charge in [-0.3, -0.25) is 14.6 Å². The third kappa shape index (κ3) is 10.5. The molecule has 2 aromatic heterocycles. The molecule has 0 aliphatic carbocycles. The summed E-state index contributed by atoms with van der Waals surface area (Å²) in [6.45, 7) is 8.62. The highest BCUT2D eigenvalue weighted by Gasteiger charge is 2.14. The van der Waals surface area contributed by atoms with E-state index < -0.39 is 6.23 Å². The Labute approximate surface area is 183 Å². The van der Waals surface area contributed by atoms with Crippen molar-refractivity contribution in [1.82, 2.24) is 19.5 Å². The van der Waals surface area contributed by atoms with Crippen LogP contribution in [0.3, 0.4) is 0 Å². The third-order valence-corrected chi connectivity index (χ3v) is 4.71. The summed E-state index contributed by atoms with van der Waals surface area (Å²) in [7, 11) is 1.61. The minimum atomic E-state index is -0.614. The number of hydrogen-bond acceptors (Lipinski definition) is 9. The molecule has 0 radical (unpaired) electrons. The molecule has 170 valence electrons. The van der Waals surface area contributed by atoms with Gasteiger partial charge in [0.05, 0.1) is 18.2 Å². The Balaban J connectivity index is 0.000000538. The number of anilines is 1. The largest absolute Gasteiger partial charge is 0.386 e. The van der Waals surface area contributed by atoms with Gasteiger partial charge in [0.15, 0.2) is 11.5 Å². The summed E-state index contributed by atoms with van der Waals surface area (Å²) < 4.78 is 1.63. The SMILES string of the molecule is C/C=N\C(C)SC.CC(C)CCC(O)n1cnc2c(N)ncnc21.CN=C(N)CN. The van der Waals surface area contributed by atoms with Crippen LogP contribution in [0.15, 0.2) is 22.6 Å². The molecule has 0 amide bonds. The Bertz CT molecular complexity index is 776. The first-order valence-electron chi connectivity index (χ1n) is 9.74. The number of aliphatic hydroxyl groups excluding tert-OH is 1.